The Morgan fingerprint density at radius 2 is 1.72 bits per heavy atom. The molecular formula is C17H21F3N2O3. The molecular weight excluding hydrogens is 337 g/mol. The van der Waals surface area contributed by atoms with Gasteiger partial charge in [0.15, 0.2) is 0 Å². The Balaban J connectivity index is 1.76. The molecule has 1 N–H and O–H groups in total. The number of benzene rings is 1. The second-order valence-electron chi connectivity index (χ2n) is 6.11. The minimum absolute atomic E-state index is 0.169. The van der Waals surface area contributed by atoms with Gasteiger partial charge in [-0.15, -0.1) is 0 Å². The monoisotopic (exact) mass is 358 g/mol. The zero-order chi connectivity index (χ0) is 18.4. The number of esters is 1. The van der Waals surface area contributed by atoms with Crippen molar-refractivity contribution >= 4 is 11.9 Å². The van der Waals surface area contributed by atoms with Crippen LogP contribution in [0, 0.1) is 5.92 Å². The van der Waals surface area contributed by atoms with Gasteiger partial charge in [0.2, 0.25) is 0 Å². The average Bonchev–Trinajstić information content (AvgIpc) is 2.59. The molecule has 1 heterocycles. The molecule has 0 spiro atoms. The molecule has 5 nitrogen and oxygen atoms in total. The van der Waals surface area contributed by atoms with Crippen LogP contribution in [-0.4, -0.2) is 56.2 Å². The number of amides is 1. The molecule has 1 saturated heterocycles. The fourth-order valence-corrected chi connectivity index (χ4v) is 2.82. The summed E-state index contributed by atoms with van der Waals surface area (Å²) >= 11 is 0. The highest BCUT2D eigenvalue weighted by atomic mass is 19.4. The standard InChI is InChI=1S/C17H21F3N2O3/c1-25-16(24)14-4-2-13(3-5-14)15(23)21-10-12-6-8-22(9-7-12)11-17(18,19)20/h2-5,12H,6-11H2,1H3,(H,21,23). The second kappa shape index (κ2) is 8.33. The molecule has 2 rings (SSSR count). The first-order chi connectivity index (χ1) is 11.8. The quantitative estimate of drug-likeness (QED) is 0.822. The number of carbonyl (C=O) groups excluding carboxylic acids is 2. The van der Waals surface area contributed by atoms with Crippen molar-refractivity contribution in [2.24, 2.45) is 5.92 Å². The zero-order valence-corrected chi connectivity index (χ0v) is 13.9. The number of nitrogens with one attached hydrogen (secondary N) is 1. The number of ether oxygens (including phenoxy) is 1. The van der Waals surface area contributed by atoms with Gasteiger partial charge in [-0.25, -0.2) is 4.79 Å². The number of halogens is 3. The maximum Gasteiger partial charge on any atom is 0.401 e. The van der Waals surface area contributed by atoms with Crippen LogP contribution in [0.1, 0.15) is 33.6 Å². The third-order valence-electron chi connectivity index (χ3n) is 4.23. The molecule has 0 atom stereocenters. The van der Waals surface area contributed by atoms with Crippen molar-refractivity contribution in [1.82, 2.24) is 10.2 Å². The summed E-state index contributed by atoms with van der Waals surface area (Å²) in [6.07, 6.45) is -2.92. The van der Waals surface area contributed by atoms with Gasteiger partial charge in [-0.05, 0) is 56.1 Å². The Bertz CT molecular complexity index is 594. The summed E-state index contributed by atoms with van der Waals surface area (Å²) in [7, 11) is 1.28. The third-order valence-corrected chi connectivity index (χ3v) is 4.23. The van der Waals surface area contributed by atoms with E-state index in [4.69, 9.17) is 0 Å². The summed E-state index contributed by atoms with van der Waals surface area (Å²) in [5.74, 6) is -0.575. The molecule has 1 aromatic rings. The lowest BCUT2D eigenvalue weighted by molar-refractivity contribution is -0.148. The number of hydrogen-bond donors (Lipinski definition) is 1. The van der Waals surface area contributed by atoms with E-state index in [9.17, 15) is 22.8 Å². The van der Waals surface area contributed by atoms with Crippen LogP contribution < -0.4 is 5.32 Å². The summed E-state index contributed by atoms with van der Waals surface area (Å²) < 4.78 is 41.6. The Labute approximate surface area is 144 Å². The van der Waals surface area contributed by atoms with Crippen molar-refractivity contribution < 1.29 is 27.5 Å². The summed E-state index contributed by atoms with van der Waals surface area (Å²) in [6, 6.07) is 6.09. The molecule has 1 fully saturated rings. The Morgan fingerprint density at radius 3 is 2.24 bits per heavy atom. The Kier molecular flexibility index (Phi) is 6.41. The summed E-state index contributed by atoms with van der Waals surface area (Å²) in [5.41, 5.74) is 0.776. The van der Waals surface area contributed by atoms with Crippen LogP contribution in [0.2, 0.25) is 0 Å². The number of nitrogens with zero attached hydrogens (tertiary/aromatic N) is 1. The summed E-state index contributed by atoms with van der Waals surface area (Å²) in [6.45, 7) is 0.317. The molecule has 25 heavy (non-hydrogen) atoms. The van der Waals surface area contributed by atoms with E-state index in [2.05, 4.69) is 10.1 Å². The SMILES string of the molecule is COC(=O)c1ccc(C(=O)NCC2CCN(CC(F)(F)F)CC2)cc1. The largest absolute Gasteiger partial charge is 0.465 e. The molecule has 1 aliphatic heterocycles. The first-order valence-electron chi connectivity index (χ1n) is 8.04. The van der Waals surface area contributed by atoms with E-state index in [0.29, 0.717) is 43.6 Å². The van der Waals surface area contributed by atoms with E-state index in [-0.39, 0.29) is 11.8 Å². The average molecular weight is 358 g/mol. The number of methoxy groups -OCH3 is 1. The number of hydrogen-bond acceptors (Lipinski definition) is 4. The number of carbonyl (C=O) groups is 2. The maximum absolute atomic E-state index is 12.4. The van der Waals surface area contributed by atoms with Crippen LogP contribution in [0.4, 0.5) is 13.2 Å². The van der Waals surface area contributed by atoms with Gasteiger partial charge >= 0.3 is 12.1 Å². The summed E-state index contributed by atoms with van der Waals surface area (Å²) in [5, 5.41) is 2.80. The zero-order valence-electron chi connectivity index (χ0n) is 13.9. The fraction of sp³-hybridized carbons (Fsp3) is 0.529. The highest BCUT2D eigenvalue weighted by Gasteiger charge is 2.32. The number of likely N-dealkylation sites (tertiary alicyclic amines) is 1. The van der Waals surface area contributed by atoms with Gasteiger partial charge < -0.3 is 10.1 Å². The number of piperidine rings is 1. The van der Waals surface area contributed by atoms with Crippen molar-refractivity contribution in [3.8, 4) is 0 Å². The predicted molar refractivity (Wildman–Crippen MR) is 85.3 cm³/mol. The predicted octanol–water partition coefficient (Wildman–Crippen LogP) is 2.48. The van der Waals surface area contributed by atoms with Crippen molar-refractivity contribution in [2.45, 2.75) is 19.0 Å². The van der Waals surface area contributed by atoms with Crippen LogP contribution >= 0.6 is 0 Å². The molecule has 0 aliphatic carbocycles. The summed E-state index contributed by atoms with van der Waals surface area (Å²) in [4.78, 5) is 24.8. The highest BCUT2D eigenvalue weighted by Crippen LogP contribution is 2.22. The minimum atomic E-state index is -4.17. The van der Waals surface area contributed by atoms with E-state index in [1.165, 1.54) is 36.3 Å². The lowest BCUT2D eigenvalue weighted by Crippen LogP contribution is -2.42. The van der Waals surface area contributed by atoms with E-state index in [0.717, 1.165) is 0 Å². The minimum Gasteiger partial charge on any atom is -0.465 e. The topological polar surface area (TPSA) is 58.6 Å². The second-order valence-corrected chi connectivity index (χ2v) is 6.11. The van der Waals surface area contributed by atoms with Gasteiger partial charge in [0.05, 0.1) is 19.2 Å². The van der Waals surface area contributed by atoms with E-state index in [1.807, 2.05) is 0 Å². The van der Waals surface area contributed by atoms with Gasteiger partial charge in [0, 0.05) is 12.1 Å². The van der Waals surface area contributed by atoms with Gasteiger partial charge in [-0.1, -0.05) is 0 Å². The highest BCUT2D eigenvalue weighted by molar-refractivity contribution is 5.96. The Morgan fingerprint density at radius 1 is 1.16 bits per heavy atom. The lowest BCUT2D eigenvalue weighted by atomic mass is 9.96. The normalized spacial score (nSPS) is 16.5. The first-order valence-corrected chi connectivity index (χ1v) is 8.04. The van der Waals surface area contributed by atoms with Gasteiger partial charge in [0.25, 0.3) is 5.91 Å². The fourth-order valence-electron chi connectivity index (χ4n) is 2.82. The van der Waals surface area contributed by atoms with Gasteiger partial charge in [0.1, 0.15) is 0 Å². The third kappa shape index (κ3) is 6.04. The first kappa shape index (κ1) is 19.2. The molecule has 138 valence electrons. The van der Waals surface area contributed by atoms with Crippen LogP contribution in [0.25, 0.3) is 0 Å². The molecule has 1 amide bonds. The maximum atomic E-state index is 12.4. The van der Waals surface area contributed by atoms with E-state index in [1.54, 1.807) is 0 Å². The van der Waals surface area contributed by atoms with Crippen molar-refractivity contribution in [3.63, 3.8) is 0 Å². The van der Waals surface area contributed by atoms with Crippen molar-refractivity contribution in [2.75, 3.05) is 33.3 Å². The van der Waals surface area contributed by atoms with Crippen LogP contribution in [0.15, 0.2) is 24.3 Å². The van der Waals surface area contributed by atoms with Gasteiger partial charge in [-0.3, -0.25) is 9.69 Å². The van der Waals surface area contributed by atoms with Gasteiger partial charge in [-0.2, -0.15) is 13.2 Å². The molecule has 1 aromatic carbocycles. The Hall–Kier alpha value is -2.09. The van der Waals surface area contributed by atoms with E-state index < -0.39 is 18.7 Å². The number of alkyl halides is 3. The molecule has 0 saturated carbocycles. The van der Waals surface area contributed by atoms with Crippen LogP contribution in [0.3, 0.4) is 0 Å². The van der Waals surface area contributed by atoms with Crippen LogP contribution in [0.5, 0.6) is 0 Å². The molecule has 0 aromatic heterocycles. The lowest BCUT2D eigenvalue weighted by Gasteiger charge is -2.32. The molecule has 0 unspecified atom stereocenters. The molecule has 1 aliphatic rings. The molecule has 0 radical (unpaired) electrons. The van der Waals surface area contributed by atoms with Crippen LogP contribution in [-0.2, 0) is 4.74 Å². The smallest absolute Gasteiger partial charge is 0.401 e. The van der Waals surface area contributed by atoms with Crippen molar-refractivity contribution in [1.29, 1.82) is 0 Å². The molecule has 0 bridgehead atoms. The molecule has 8 heteroatoms. The van der Waals surface area contributed by atoms with E-state index >= 15 is 0 Å². The van der Waals surface area contributed by atoms with Crippen molar-refractivity contribution in [3.05, 3.63) is 35.4 Å². The number of rotatable bonds is 5.